The van der Waals surface area contributed by atoms with Gasteiger partial charge in [-0.15, -0.1) is 0 Å². The zero-order valence-electron chi connectivity index (χ0n) is 23.1. The van der Waals surface area contributed by atoms with Crippen LogP contribution in [0.2, 0.25) is 0 Å². The molecule has 2 N–H and O–H groups in total. The van der Waals surface area contributed by atoms with Crippen LogP contribution >= 0.6 is 0 Å². The highest BCUT2D eigenvalue weighted by Crippen LogP contribution is 2.33. The summed E-state index contributed by atoms with van der Waals surface area (Å²) in [5.41, 5.74) is 8.79. The maximum atomic E-state index is 6.03. The SMILES string of the molecule is C=C(/C=c1/[nH]c2c(/c1=C/Nc1cccc(-c3ccc4oc5ccccc5c4c3)c1)C=CCC2C)C/C=C\C=C/C. The molecule has 1 aliphatic rings. The zero-order chi connectivity index (χ0) is 27.5. The molecule has 0 spiro atoms. The van der Waals surface area contributed by atoms with Gasteiger partial charge in [0.15, 0.2) is 0 Å². The van der Waals surface area contributed by atoms with Gasteiger partial charge in [0.2, 0.25) is 0 Å². The fraction of sp³-hybridized carbons (Fsp3) is 0.135. The number of para-hydroxylation sites is 1. The number of benzene rings is 3. The van der Waals surface area contributed by atoms with E-state index in [9.17, 15) is 0 Å². The lowest BCUT2D eigenvalue weighted by molar-refractivity contribution is 0.669. The largest absolute Gasteiger partial charge is 0.456 e. The van der Waals surface area contributed by atoms with Gasteiger partial charge in [-0.05, 0) is 72.9 Å². The second kappa shape index (κ2) is 11.2. The smallest absolute Gasteiger partial charge is 0.135 e. The van der Waals surface area contributed by atoms with Crippen molar-refractivity contribution in [1.82, 2.24) is 4.98 Å². The maximum Gasteiger partial charge on any atom is 0.135 e. The number of aromatic nitrogens is 1. The lowest BCUT2D eigenvalue weighted by atomic mass is 9.94. The van der Waals surface area contributed by atoms with Gasteiger partial charge in [0.25, 0.3) is 0 Å². The number of hydrogen-bond donors (Lipinski definition) is 2. The molecule has 0 bridgehead atoms. The molecule has 6 rings (SSSR count). The summed E-state index contributed by atoms with van der Waals surface area (Å²) in [5.74, 6) is 0.453. The molecule has 40 heavy (non-hydrogen) atoms. The Kier molecular flexibility index (Phi) is 7.11. The standard InChI is InChI=1S/C37H34N2O/c1-4-5-6-7-12-25(2)21-34-33(31-17-10-13-26(3)37(31)39-34)24-38-29-15-11-14-27(22-29)28-19-20-36-32(23-28)30-16-8-9-18-35(30)40-36/h4-11,14-24,26,38-39H,2,12-13H2,1,3H3/b5-4-,7-6-,33-24-,34-21+. The fourth-order valence-electron chi connectivity index (χ4n) is 5.44. The fourth-order valence-corrected chi connectivity index (χ4v) is 5.44. The minimum Gasteiger partial charge on any atom is -0.456 e. The van der Waals surface area contributed by atoms with Crippen LogP contribution in [0.4, 0.5) is 5.69 Å². The number of allylic oxidation sites excluding steroid dienone is 6. The van der Waals surface area contributed by atoms with E-state index in [1.54, 1.807) is 0 Å². The van der Waals surface area contributed by atoms with Crippen LogP contribution in [0.3, 0.4) is 0 Å². The molecule has 0 fully saturated rings. The lowest BCUT2D eigenvalue weighted by Gasteiger charge is -2.13. The van der Waals surface area contributed by atoms with Crippen molar-refractivity contribution in [2.24, 2.45) is 0 Å². The molecule has 2 heterocycles. The first-order valence-corrected chi connectivity index (χ1v) is 13.9. The van der Waals surface area contributed by atoms with Crippen molar-refractivity contribution in [3.05, 3.63) is 131 Å². The van der Waals surface area contributed by atoms with Crippen LogP contribution in [0, 0.1) is 0 Å². The average Bonchev–Trinajstić information content (AvgIpc) is 3.52. The Balaban J connectivity index is 1.35. The summed E-state index contributed by atoms with van der Waals surface area (Å²) in [7, 11) is 0. The van der Waals surface area contributed by atoms with E-state index >= 15 is 0 Å². The zero-order valence-corrected chi connectivity index (χ0v) is 23.1. The number of furan rings is 1. The number of nitrogens with one attached hydrogen (secondary N) is 2. The summed E-state index contributed by atoms with van der Waals surface area (Å²) in [5, 5.41) is 8.12. The van der Waals surface area contributed by atoms with E-state index in [4.69, 9.17) is 4.42 Å². The Morgan fingerprint density at radius 1 is 1.00 bits per heavy atom. The summed E-state index contributed by atoms with van der Waals surface area (Å²) >= 11 is 0. The lowest BCUT2D eigenvalue weighted by Crippen LogP contribution is -2.25. The highest BCUT2D eigenvalue weighted by Gasteiger charge is 2.16. The molecule has 198 valence electrons. The molecule has 0 saturated heterocycles. The summed E-state index contributed by atoms with van der Waals surface area (Å²) in [6.07, 6.45) is 18.9. The molecule has 0 radical (unpaired) electrons. The first-order valence-electron chi connectivity index (χ1n) is 13.9. The Morgan fingerprint density at radius 3 is 2.75 bits per heavy atom. The van der Waals surface area contributed by atoms with Gasteiger partial charge in [0.05, 0.1) is 0 Å². The maximum absolute atomic E-state index is 6.03. The van der Waals surface area contributed by atoms with Gasteiger partial charge in [-0.1, -0.05) is 86.4 Å². The van der Waals surface area contributed by atoms with E-state index in [-0.39, 0.29) is 0 Å². The number of hydrogen-bond acceptors (Lipinski definition) is 2. The van der Waals surface area contributed by atoms with E-state index in [2.05, 4.69) is 115 Å². The van der Waals surface area contributed by atoms with Gasteiger partial charge >= 0.3 is 0 Å². The second-order valence-corrected chi connectivity index (χ2v) is 10.5. The molecule has 1 aliphatic carbocycles. The van der Waals surface area contributed by atoms with Gasteiger partial charge in [-0.3, -0.25) is 0 Å². The summed E-state index contributed by atoms with van der Waals surface area (Å²) < 4.78 is 6.03. The first-order chi connectivity index (χ1) is 19.6. The third kappa shape index (κ3) is 5.11. The van der Waals surface area contributed by atoms with E-state index in [0.717, 1.165) is 67.7 Å². The Labute approximate surface area is 235 Å². The van der Waals surface area contributed by atoms with Crippen LogP contribution in [-0.2, 0) is 0 Å². The molecule has 3 aromatic carbocycles. The van der Waals surface area contributed by atoms with Crippen molar-refractivity contribution < 1.29 is 4.42 Å². The van der Waals surface area contributed by atoms with Crippen molar-refractivity contribution in [3.63, 3.8) is 0 Å². The summed E-state index contributed by atoms with van der Waals surface area (Å²) in [6, 6.07) is 23.2. The number of anilines is 1. The second-order valence-electron chi connectivity index (χ2n) is 10.5. The quantitative estimate of drug-likeness (QED) is 0.210. The third-order valence-electron chi connectivity index (χ3n) is 7.53. The molecule has 3 nitrogen and oxygen atoms in total. The molecule has 0 aliphatic heterocycles. The predicted molar refractivity (Wildman–Crippen MR) is 172 cm³/mol. The monoisotopic (exact) mass is 522 g/mol. The van der Waals surface area contributed by atoms with Crippen LogP contribution in [0.25, 0.3) is 51.4 Å². The number of fused-ring (bicyclic) bond motifs is 4. The van der Waals surface area contributed by atoms with Crippen molar-refractivity contribution in [1.29, 1.82) is 0 Å². The normalized spacial score (nSPS) is 16.1. The molecule has 2 aromatic heterocycles. The van der Waals surface area contributed by atoms with Gasteiger partial charge in [-0.2, -0.15) is 0 Å². The predicted octanol–water partition coefficient (Wildman–Crippen LogP) is 8.81. The molecule has 5 aromatic rings. The first kappa shape index (κ1) is 25.5. The minimum atomic E-state index is 0.453. The van der Waals surface area contributed by atoms with Gasteiger partial charge in [0, 0.05) is 50.4 Å². The van der Waals surface area contributed by atoms with Crippen LogP contribution in [0.15, 0.2) is 114 Å². The molecular weight excluding hydrogens is 488 g/mol. The minimum absolute atomic E-state index is 0.453. The molecule has 0 saturated carbocycles. The van der Waals surface area contributed by atoms with Crippen LogP contribution in [0.1, 0.15) is 43.9 Å². The highest BCUT2D eigenvalue weighted by atomic mass is 16.3. The molecular formula is C37H34N2O. The molecule has 0 amide bonds. The molecule has 1 atom stereocenters. The number of aromatic amines is 1. The summed E-state index contributed by atoms with van der Waals surface area (Å²) in [4.78, 5) is 3.70. The van der Waals surface area contributed by atoms with Crippen LogP contribution < -0.4 is 15.9 Å². The van der Waals surface area contributed by atoms with Crippen LogP contribution in [-0.4, -0.2) is 4.98 Å². The highest BCUT2D eigenvalue weighted by molar-refractivity contribution is 6.06. The van der Waals surface area contributed by atoms with Crippen molar-refractivity contribution >= 4 is 46.0 Å². The van der Waals surface area contributed by atoms with Gasteiger partial charge < -0.3 is 14.7 Å². The number of H-pyrrole nitrogens is 1. The Bertz CT molecular complexity index is 1930. The average molecular weight is 523 g/mol. The van der Waals surface area contributed by atoms with E-state index in [1.807, 2.05) is 31.2 Å². The van der Waals surface area contributed by atoms with Crippen molar-refractivity contribution in [2.45, 2.75) is 32.6 Å². The van der Waals surface area contributed by atoms with Crippen molar-refractivity contribution in [3.8, 4) is 11.1 Å². The number of rotatable bonds is 7. The van der Waals surface area contributed by atoms with E-state index < -0.39 is 0 Å². The Hall–Kier alpha value is -4.76. The van der Waals surface area contributed by atoms with Gasteiger partial charge in [0.1, 0.15) is 11.2 Å². The third-order valence-corrected chi connectivity index (χ3v) is 7.53. The molecule has 3 heteroatoms. The molecule has 1 unspecified atom stereocenters. The van der Waals surface area contributed by atoms with Crippen LogP contribution in [0.5, 0.6) is 0 Å². The van der Waals surface area contributed by atoms with Crippen molar-refractivity contribution in [2.75, 3.05) is 5.32 Å². The Morgan fingerprint density at radius 2 is 1.85 bits per heavy atom. The topological polar surface area (TPSA) is 41.0 Å². The van der Waals surface area contributed by atoms with E-state index in [0.29, 0.717) is 5.92 Å². The van der Waals surface area contributed by atoms with E-state index in [1.165, 1.54) is 11.3 Å². The summed E-state index contributed by atoms with van der Waals surface area (Å²) in [6.45, 7) is 8.60. The van der Waals surface area contributed by atoms with Gasteiger partial charge in [-0.25, -0.2) is 0 Å².